The van der Waals surface area contributed by atoms with Crippen molar-refractivity contribution in [3.8, 4) is 0 Å². The van der Waals surface area contributed by atoms with Gasteiger partial charge in [-0.15, -0.1) is 0 Å². The Balaban J connectivity index is 2.12. The Labute approximate surface area is 179 Å². The minimum atomic E-state index is -0.523. The predicted molar refractivity (Wildman–Crippen MR) is 116 cm³/mol. The standard InChI is InChI=1S/C24H32N2O4/c1-17(22(27)29-5)11-20-12-18(8-10-26-23(28)30-24(2,3)4)13-21(15-20)14-19-7-6-9-25-16-19/h6-7,9,12-13,15-17H,8,10-11,14H2,1-5H3,(H,26,28). The minimum absolute atomic E-state index is 0.221. The Kier molecular flexibility index (Phi) is 8.39. The van der Waals surface area contributed by atoms with Gasteiger partial charge in [0, 0.05) is 18.9 Å². The number of alkyl carbamates (subject to hydrolysis) is 1. The average molecular weight is 413 g/mol. The fraction of sp³-hybridized carbons (Fsp3) is 0.458. The normalized spacial score (nSPS) is 12.2. The van der Waals surface area contributed by atoms with Crippen LogP contribution in [0.3, 0.4) is 0 Å². The molecule has 6 nitrogen and oxygen atoms in total. The quantitative estimate of drug-likeness (QED) is 0.661. The fourth-order valence-electron chi connectivity index (χ4n) is 3.20. The molecule has 6 heteroatoms. The minimum Gasteiger partial charge on any atom is -0.469 e. The topological polar surface area (TPSA) is 77.5 Å². The van der Waals surface area contributed by atoms with Crippen molar-refractivity contribution in [1.29, 1.82) is 0 Å². The van der Waals surface area contributed by atoms with E-state index in [0.29, 0.717) is 19.4 Å². The molecule has 0 fully saturated rings. The van der Waals surface area contributed by atoms with E-state index in [1.807, 2.05) is 46.0 Å². The number of hydrogen-bond acceptors (Lipinski definition) is 5. The molecule has 1 atom stereocenters. The third kappa shape index (κ3) is 8.23. The molecule has 0 aliphatic rings. The summed E-state index contributed by atoms with van der Waals surface area (Å²) in [6.07, 6.45) is 5.20. The molecule has 2 aromatic rings. The van der Waals surface area contributed by atoms with Crippen molar-refractivity contribution in [2.45, 2.75) is 52.6 Å². The summed E-state index contributed by atoms with van der Waals surface area (Å²) in [7, 11) is 1.41. The van der Waals surface area contributed by atoms with Gasteiger partial charge in [0.2, 0.25) is 0 Å². The first-order valence-corrected chi connectivity index (χ1v) is 10.2. The molecular formula is C24H32N2O4. The fourth-order valence-corrected chi connectivity index (χ4v) is 3.20. The Morgan fingerprint density at radius 2 is 1.80 bits per heavy atom. The van der Waals surface area contributed by atoms with Gasteiger partial charge in [-0.1, -0.05) is 31.2 Å². The van der Waals surface area contributed by atoms with Crippen LogP contribution in [0.1, 0.15) is 49.9 Å². The molecule has 0 saturated heterocycles. The molecular weight excluding hydrogens is 380 g/mol. The first-order valence-electron chi connectivity index (χ1n) is 10.2. The molecule has 0 spiro atoms. The van der Waals surface area contributed by atoms with Gasteiger partial charge >= 0.3 is 12.1 Å². The molecule has 1 aromatic carbocycles. The van der Waals surface area contributed by atoms with Gasteiger partial charge in [0.05, 0.1) is 13.0 Å². The molecule has 0 bridgehead atoms. The third-order valence-electron chi connectivity index (χ3n) is 4.47. The average Bonchev–Trinajstić information content (AvgIpc) is 2.66. The van der Waals surface area contributed by atoms with Gasteiger partial charge in [0.15, 0.2) is 0 Å². The summed E-state index contributed by atoms with van der Waals surface area (Å²) in [5, 5.41) is 2.80. The molecule has 0 aliphatic carbocycles. The van der Waals surface area contributed by atoms with Gasteiger partial charge in [-0.25, -0.2) is 4.79 Å². The van der Waals surface area contributed by atoms with Crippen molar-refractivity contribution in [2.24, 2.45) is 5.92 Å². The SMILES string of the molecule is COC(=O)C(C)Cc1cc(CCNC(=O)OC(C)(C)C)cc(Cc2cccnc2)c1. The van der Waals surface area contributed by atoms with Gasteiger partial charge in [-0.05, 0) is 68.4 Å². The second kappa shape index (κ2) is 10.8. The molecule has 1 N–H and O–H groups in total. The maximum Gasteiger partial charge on any atom is 0.407 e. The maximum absolute atomic E-state index is 11.9. The van der Waals surface area contributed by atoms with Crippen molar-refractivity contribution in [1.82, 2.24) is 10.3 Å². The maximum atomic E-state index is 11.9. The van der Waals surface area contributed by atoms with E-state index >= 15 is 0 Å². The highest BCUT2D eigenvalue weighted by molar-refractivity contribution is 5.72. The highest BCUT2D eigenvalue weighted by Crippen LogP contribution is 2.18. The van der Waals surface area contributed by atoms with Crippen molar-refractivity contribution >= 4 is 12.1 Å². The number of hydrogen-bond donors (Lipinski definition) is 1. The van der Waals surface area contributed by atoms with E-state index < -0.39 is 11.7 Å². The number of ether oxygens (including phenoxy) is 2. The number of esters is 1. The summed E-state index contributed by atoms with van der Waals surface area (Å²) < 4.78 is 10.1. The second-order valence-corrected chi connectivity index (χ2v) is 8.50. The lowest BCUT2D eigenvalue weighted by molar-refractivity contribution is -0.144. The number of nitrogens with one attached hydrogen (secondary N) is 1. The summed E-state index contributed by atoms with van der Waals surface area (Å²) in [5.41, 5.74) is 3.91. The molecule has 1 amide bonds. The lowest BCUT2D eigenvalue weighted by atomic mass is 9.94. The lowest BCUT2D eigenvalue weighted by Crippen LogP contribution is -2.33. The van der Waals surface area contributed by atoms with Crippen LogP contribution in [-0.2, 0) is 33.5 Å². The Bertz CT molecular complexity index is 844. The van der Waals surface area contributed by atoms with Crippen LogP contribution in [0.15, 0.2) is 42.7 Å². The molecule has 1 unspecified atom stereocenters. The van der Waals surface area contributed by atoms with Gasteiger partial charge in [0.1, 0.15) is 5.60 Å². The zero-order chi connectivity index (χ0) is 22.1. The third-order valence-corrected chi connectivity index (χ3v) is 4.47. The molecule has 2 rings (SSSR count). The van der Waals surface area contributed by atoms with Crippen molar-refractivity contribution < 1.29 is 19.1 Å². The highest BCUT2D eigenvalue weighted by atomic mass is 16.6. The van der Waals surface area contributed by atoms with Crippen LogP contribution in [-0.4, -0.2) is 36.3 Å². The number of carbonyl (C=O) groups is 2. The lowest BCUT2D eigenvalue weighted by Gasteiger charge is -2.19. The van der Waals surface area contributed by atoms with Crippen LogP contribution in [0.5, 0.6) is 0 Å². The largest absolute Gasteiger partial charge is 0.469 e. The first-order chi connectivity index (χ1) is 14.2. The van der Waals surface area contributed by atoms with Crippen molar-refractivity contribution in [3.05, 3.63) is 65.0 Å². The van der Waals surface area contributed by atoms with Crippen molar-refractivity contribution in [2.75, 3.05) is 13.7 Å². The van der Waals surface area contributed by atoms with Gasteiger partial charge in [0.25, 0.3) is 0 Å². The number of amides is 1. The molecule has 1 heterocycles. The van der Waals surface area contributed by atoms with Crippen LogP contribution in [0, 0.1) is 5.92 Å². The molecule has 0 radical (unpaired) electrons. The van der Waals surface area contributed by atoms with E-state index in [1.54, 1.807) is 6.20 Å². The number of pyridine rings is 1. The molecule has 1 aromatic heterocycles. The van der Waals surface area contributed by atoms with E-state index in [-0.39, 0.29) is 11.9 Å². The summed E-state index contributed by atoms with van der Waals surface area (Å²) in [6.45, 7) is 7.84. The van der Waals surface area contributed by atoms with Crippen LogP contribution < -0.4 is 5.32 Å². The molecule has 30 heavy (non-hydrogen) atoms. The van der Waals surface area contributed by atoms with Crippen LogP contribution in [0.25, 0.3) is 0 Å². The zero-order valence-corrected chi connectivity index (χ0v) is 18.5. The van der Waals surface area contributed by atoms with Gasteiger partial charge in [-0.3, -0.25) is 9.78 Å². The summed E-state index contributed by atoms with van der Waals surface area (Å²) in [4.78, 5) is 27.9. The number of nitrogens with zero attached hydrogens (tertiary/aromatic N) is 1. The molecule has 0 saturated carbocycles. The van der Waals surface area contributed by atoms with Gasteiger partial charge < -0.3 is 14.8 Å². The Hall–Kier alpha value is -2.89. The number of benzene rings is 1. The summed E-state index contributed by atoms with van der Waals surface area (Å²) in [5.74, 6) is -0.447. The number of rotatable bonds is 8. The van der Waals surface area contributed by atoms with E-state index in [0.717, 1.165) is 28.7 Å². The predicted octanol–water partition coefficient (Wildman–Crippen LogP) is 4.09. The second-order valence-electron chi connectivity index (χ2n) is 8.50. The van der Waals surface area contributed by atoms with E-state index in [1.165, 1.54) is 7.11 Å². The summed E-state index contributed by atoms with van der Waals surface area (Å²) in [6, 6.07) is 10.3. The van der Waals surface area contributed by atoms with E-state index in [2.05, 4.69) is 28.5 Å². The van der Waals surface area contributed by atoms with E-state index in [4.69, 9.17) is 9.47 Å². The van der Waals surface area contributed by atoms with Crippen LogP contribution in [0.2, 0.25) is 0 Å². The van der Waals surface area contributed by atoms with Crippen LogP contribution >= 0.6 is 0 Å². The number of aromatic nitrogens is 1. The highest BCUT2D eigenvalue weighted by Gasteiger charge is 2.16. The van der Waals surface area contributed by atoms with Gasteiger partial charge in [-0.2, -0.15) is 0 Å². The molecule has 0 aliphatic heterocycles. The Morgan fingerprint density at radius 1 is 1.10 bits per heavy atom. The number of methoxy groups -OCH3 is 1. The number of carbonyl (C=O) groups excluding carboxylic acids is 2. The smallest absolute Gasteiger partial charge is 0.407 e. The molecule has 162 valence electrons. The Morgan fingerprint density at radius 3 is 2.43 bits per heavy atom. The monoisotopic (exact) mass is 412 g/mol. The first kappa shape index (κ1) is 23.4. The zero-order valence-electron chi connectivity index (χ0n) is 18.5. The van der Waals surface area contributed by atoms with E-state index in [9.17, 15) is 9.59 Å². The summed E-state index contributed by atoms with van der Waals surface area (Å²) >= 11 is 0. The van der Waals surface area contributed by atoms with Crippen molar-refractivity contribution in [3.63, 3.8) is 0 Å². The van der Waals surface area contributed by atoms with Crippen LogP contribution in [0.4, 0.5) is 4.79 Å².